The molecule has 0 aliphatic heterocycles. The number of nitrogens with one attached hydrogen (secondary N) is 1. The van der Waals surface area contributed by atoms with Gasteiger partial charge in [-0.25, -0.2) is 4.79 Å². The second-order valence-electron chi connectivity index (χ2n) is 2.15. The molecule has 6 nitrogen and oxygen atoms in total. The van der Waals surface area contributed by atoms with Crippen molar-refractivity contribution in [1.82, 2.24) is 5.32 Å². The number of carboxylic acids is 1. The molecule has 0 radical (unpaired) electrons. The zero-order valence-corrected chi connectivity index (χ0v) is 6.53. The Labute approximate surface area is 68.7 Å². The Morgan fingerprint density at radius 1 is 1.50 bits per heavy atom. The number of carboxylic acid groups (broad SMARTS) is 1. The van der Waals surface area contributed by atoms with Gasteiger partial charge >= 0.3 is 5.97 Å². The van der Waals surface area contributed by atoms with E-state index in [0.717, 1.165) is 6.92 Å². The van der Waals surface area contributed by atoms with Gasteiger partial charge in [0.1, 0.15) is 0 Å². The summed E-state index contributed by atoms with van der Waals surface area (Å²) < 4.78 is 0. The second-order valence-corrected chi connectivity index (χ2v) is 2.15. The lowest BCUT2D eigenvalue weighted by Gasteiger charge is -2.09. The van der Waals surface area contributed by atoms with E-state index in [4.69, 9.17) is 10.8 Å². The van der Waals surface area contributed by atoms with Crippen LogP contribution in [0, 0.1) is 0 Å². The summed E-state index contributed by atoms with van der Waals surface area (Å²) >= 11 is 0. The van der Waals surface area contributed by atoms with Gasteiger partial charge in [-0.3, -0.25) is 9.59 Å². The monoisotopic (exact) mass is 174 g/mol. The molecule has 0 aromatic rings. The molecule has 1 amide bonds. The van der Waals surface area contributed by atoms with E-state index in [-0.39, 0.29) is 6.54 Å². The van der Waals surface area contributed by atoms with Crippen molar-refractivity contribution in [3.05, 3.63) is 0 Å². The maximum absolute atomic E-state index is 10.6. The SMILES string of the molecule is CC(=O)C(NC(=O)CN)C(=O)O. The van der Waals surface area contributed by atoms with E-state index >= 15 is 0 Å². The van der Waals surface area contributed by atoms with E-state index in [1.165, 1.54) is 0 Å². The summed E-state index contributed by atoms with van der Waals surface area (Å²) in [6.07, 6.45) is 0. The normalized spacial score (nSPS) is 11.8. The predicted octanol–water partition coefficient (Wildman–Crippen LogP) is -1.90. The van der Waals surface area contributed by atoms with Gasteiger partial charge in [-0.1, -0.05) is 0 Å². The van der Waals surface area contributed by atoms with Crippen LogP contribution in [0.3, 0.4) is 0 Å². The maximum Gasteiger partial charge on any atom is 0.334 e. The lowest BCUT2D eigenvalue weighted by Crippen LogP contribution is -2.47. The third kappa shape index (κ3) is 3.11. The fourth-order valence-corrected chi connectivity index (χ4v) is 0.557. The van der Waals surface area contributed by atoms with Crippen LogP contribution in [-0.2, 0) is 14.4 Å². The second kappa shape index (κ2) is 4.45. The van der Waals surface area contributed by atoms with Gasteiger partial charge < -0.3 is 16.2 Å². The molecule has 1 atom stereocenters. The minimum Gasteiger partial charge on any atom is -0.479 e. The van der Waals surface area contributed by atoms with E-state index in [1.807, 2.05) is 5.32 Å². The number of ketones is 1. The van der Waals surface area contributed by atoms with Crippen molar-refractivity contribution < 1.29 is 19.5 Å². The van der Waals surface area contributed by atoms with Crippen molar-refractivity contribution >= 4 is 17.7 Å². The Balaban J connectivity index is 4.24. The number of amides is 1. The summed E-state index contributed by atoms with van der Waals surface area (Å²) in [5.74, 6) is -2.69. The fraction of sp³-hybridized carbons (Fsp3) is 0.500. The Morgan fingerprint density at radius 2 is 2.00 bits per heavy atom. The molecule has 0 heterocycles. The third-order valence-corrected chi connectivity index (χ3v) is 1.14. The van der Waals surface area contributed by atoms with E-state index in [1.54, 1.807) is 0 Å². The predicted molar refractivity (Wildman–Crippen MR) is 39.3 cm³/mol. The summed E-state index contributed by atoms with van der Waals surface area (Å²) in [4.78, 5) is 31.5. The van der Waals surface area contributed by atoms with Gasteiger partial charge in [-0.2, -0.15) is 0 Å². The molecule has 0 aliphatic carbocycles. The first-order valence-electron chi connectivity index (χ1n) is 3.21. The highest BCUT2D eigenvalue weighted by Crippen LogP contribution is 1.85. The number of rotatable bonds is 4. The van der Waals surface area contributed by atoms with Crippen LogP contribution in [-0.4, -0.2) is 35.4 Å². The molecule has 0 rings (SSSR count). The first-order valence-corrected chi connectivity index (χ1v) is 3.21. The lowest BCUT2D eigenvalue weighted by molar-refractivity contribution is -0.145. The topological polar surface area (TPSA) is 109 Å². The van der Waals surface area contributed by atoms with Crippen molar-refractivity contribution in [2.45, 2.75) is 13.0 Å². The molecular formula is C6H10N2O4. The molecule has 0 spiro atoms. The number of carbonyl (C=O) groups is 3. The van der Waals surface area contributed by atoms with E-state index in [9.17, 15) is 14.4 Å². The van der Waals surface area contributed by atoms with Gasteiger partial charge in [0.25, 0.3) is 0 Å². The fourth-order valence-electron chi connectivity index (χ4n) is 0.557. The molecule has 0 fully saturated rings. The van der Waals surface area contributed by atoms with Crippen LogP contribution in [0.5, 0.6) is 0 Å². The standard InChI is InChI=1S/C6H10N2O4/c1-3(9)5(6(11)12)8-4(10)2-7/h5H,2,7H2,1H3,(H,8,10)(H,11,12). The van der Waals surface area contributed by atoms with Crippen LogP contribution < -0.4 is 11.1 Å². The minimum absolute atomic E-state index is 0.336. The summed E-state index contributed by atoms with van der Waals surface area (Å²) in [5.41, 5.74) is 4.90. The smallest absolute Gasteiger partial charge is 0.334 e. The minimum atomic E-state index is -1.49. The molecule has 0 aromatic heterocycles. The number of hydrogen-bond donors (Lipinski definition) is 3. The van der Waals surface area contributed by atoms with Gasteiger partial charge in [0.2, 0.25) is 5.91 Å². The molecule has 0 bridgehead atoms. The Kier molecular flexibility index (Phi) is 3.92. The first-order chi connectivity index (χ1) is 5.49. The van der Waals surface area contributed by atoms with Gasteiger partial charge in [0.15, 0.2) is 11.8 Å². The Bertz CT molecular complexity index is 200. The highest BCUT2D eigenvalue weighted by molar-refractivity contribution is 6.04. The molecule has 6 heteroatoms. The number of carbonyl (C=O) groups excluding carboxylic acids is 2. The Hall–Kier alpha value is -1.43. The van der Waals surface area contributed by atoms with Crippen molar-refractivity contribution in [2.75, 3.05) is 6.54 Å². The molecular weight excluding hydrogens is 164 g/mol. The van der Waals surface area contributed by atoms with E-state index in [2.05, 4.69) is 0 Å². The largest absolute Gasteiger partial charge is 0.479 e. The van der Waals surface area contributed by atoms with Crippen molar-refractivity contribution in [1.29, 1.82) is 0 Å². The van der Waals surface area contributed by atoms with Crippen LogP contribution in [0.2, 0.25) is 0 Å². The van der Waals surface area contributed by atoms with E-state index < -0.39 is 23.7 Å². The zero-order chi connectivity index (χ0) is 9.72. The van der Waals surface area contributed by atoms with Crippen molar-refractivity contribution in [2.24, 2.45) is 5.73 Å². The van der Waals surface area contributed by atoms with Crippen molar-refractivity contribution in [3.8, 4) is 0 Å². The summed E-state index contributed by atoms with van der Waals surface area (Å²) in [7, 11) is 0. The first kappa shape index (κ1) is 10.6. The van der Waals surface area contributed by atoms with Gasteiger partial charge in [-0.15, -0.1) is 0 Å². The molecule has 12 heavy (non-hydrogen) atoms. The van der Waals surface area contributed by atoms with Gasteiger partial charge in [-0.05, 0) is 6.92 Å². The highest BCUT2D eigenvalue weighted by Gasteiger charge is 2.23. The number of hydrogen-bond acceptors (Lipinski definition) is 4. The summed E-state index contributed by atoms with van der Waals surface area (Å²) in [6.45, 7) is 0.743. The molecule has 0 aromatic carbocycles. The van der Waals surface area contributed by atoms with Crippen LogP contribution in [0.15, 0.2) is 0 Å². The lowest BCUT2D eigenvalue weighted by atomic mass is 10.2. The van der Waals surface area contributed by atoms with Crippen LogP contribution in [0.1, 0.15) is 6.92 Å². The highest BCUT2D eigenvalue weighted by atomic mass is 16.4. The quantitative estimate of drug-likeness (QED) is 0.431. The van der Waals surface area contributed by atoms with E-state index in [0.29, 0.717) is 0 Å². The average molecular weight is 174 g/mol. The number of nitrogens with two attached hydrogens (primary N) is 1. The molecule has 0 aliphatic rings. The van der Waals surface area contributed by atoms with Crippen LogP contribution in [0.4, 0.5) is 0 Å². The molecule has 68 valence electrons. The van der Waals surface area contributed by atoms with Crippen LogP contribution in [0.25, 0.3) is 0 Å². The number of Topliss-reactive ketones (excluding diaryl/α,β-unsaturated/α-hetero) is 1. The molecule has 0 saturated carbocycles. The zero-order valence-electron chi connectivity index (χ0n) is 6.53. The maximum atomic E-state index is 10.6. The van der Waals surface area contributed by atoms with Crippen molar-refractivity contribution in [3.63, 3.8) is 0 Å². The van der Waals surface area contributed by atoms with Crippen LogP contribution >= 0.6 is 0 Å². The van der Waals surface area contributed by atoms with Gasteiger partial charge in [0.05, 0.1) is 6.54 Å². The van der Waals surface area contributed by atoms with Gasteiger partial charge in [0, 0.05) is 0 Å². The number of aliphatic carboxylic acids is 1. The molecule has 1 unspecified atom stereocenters. The Morgan fingerprint density at radius 3 is 2.25 bits per heavy atom. The third-order valence-electron chi connectivity index (χ3n) is 1.14. The molecule has 4 N–H and O–H groups in total. The summed E-state index contributed by atoms with van der Waals surface area (Å²) in [6, 6.07) is -1.49. The average Bonchev–Trinajstić information content (AvgIpc) is 1.98. The summed E-state index contributed by atoms with van der Waals surface area (Å²) in [5, 5.41) is 10.4. The molecule has 0 saturated heterocycles.